The molecule has 0 rings (SSSR count). The van der Waals surface area contributed by atoms with Gasteiger partial charge in [-0.3, -0.25) is 4.79 Å². The highest BCUT2D eigenvalue weighted by molar-refractivity contribution is 5.65. The Morgan fingerprint density at radius 1 is 0.700 bits per heavy atom. The van der Waals surface area contributed by atoms with Gasteiger partial charge in [0.2, 0.25) is 0 Å². The third-order valence-corrected chi connectivity index (χ3v) is 3.05. The third kappa shape index (κ3) is 17.4. The predicted octanol–water partition coefficient (Wildman–Crippen LogP) is 3.72. The molecule has 0 unspecified atom stereocenters. The summed E-state index contributed by atoms with van der Waals surface area (Å²) in [5, 5.41) is 0. The van der Waals surface area contributed by atoms with E-state index >= 15 is 0 Å². The van der Waals surface area contributed by atoms with E-state index in [9.17, 15) is 4.79 Å². The zero-order valence-corrected chi connectivity index (χ0v) is 13.3. The Bertz CT molecular complexity index is 207. The van der Waals surface area contributed by atoms with Gasteiger partial charge in [-0.05, 0) is 6.42 Å². The molecule has 120 valence electrons. The van der Waals surface area contributed by atoms with Gasteiger partial charge in [-0.15, -0.1) is 0 Å². The molecule has 4 nitrogen and oxygen atoms in total. The molecule has 0 aromatic rings. The lowest BCUT2D eigenvalue weighted by Gasteiger charge is -2.06. The molecule has 0 saturated heterocycles. The molecule has 0 radical (unpaired) electrons. The van der Waals surface area contributed by atoms with Gasteiger partial charge in [0.15, 0.2) is 0 Å². The van der Waals surface area contributed by atoms with Gasteiger partial charge in [-0.1, -0.05) is 51.9 Å². The molecule has 0 amide bonds. The first-order valence-electron chi connectivity index (χ1n) is 8.06. The standard InChI is InChI=1S/C16H32O4/c1-3-4-5-6-7-8-9-10-11-18-12-13-19-14-15-20-16(2)17/h3-15H2,1-2H3. The minimum absolute atomic E-state index is 0.264. The molecule has 0 saturated carbocycles. The Morgan fingerprint density at radius 3 is 1.80 bits per heavy atom. The maximum absolute atomic E-state index is 10.5. The van der Waals surface area contributed by atoms with Crippen LogP contribution in [0.3, 0.4) is 0 Å². The molecule has 0 aliphatic heterocycles. The SMILES string of the molecule is CCCCCCCCCCOCCOCCOC(C)=O. The van der Waals surface area contributed by atoms with Gasteiger partial charge in [0.25, 0.3) is 0 Å². The van der Waals surface area contributed by atoms with E-state index in [0.29, 0.717) is 26.4 Å². The van der Waals surface area contributed by atoms with Crippen LogP contribution in [0.2, 0.25) is 0 Å². The van der Waals surface area contributed by atoms with Crippen LogP contribution in [0.15, 0.2) is 0 Å². The summed E-state index contributed by atoms with van der Waals surface area (Å²) in [7, 11) is 0. The van der Waals surface area contributed by atoms with E-state index in [2.05, 4.69) is 6.92 Å². The molecule has 0 aliphatic carbocycles. The van der Waals surface area contributed by atoms with E-state index in [0.717, 1.165) is 13.0 Å². The van der Waals surface area contributed by atoms with Crippen LogP contribution >= 0.6 is 0 Å². The minimum atomic E-state index is -0.264. The first kappa shape index (κ1) is 19.4. The molecular formula is C16H32O4. The monoisotopic (exact) mass is 288 g/mol. The smallest absolute Gasteiger partial charge is 0.302 e. The van der Waals surface area contributed by atoms with E-state index in [4.69, 9.17) is 14.2 Å². The summed E-state index contributed by atoms with van der Waals surface area (Å²) in [5.41, 5.74) is 0. The van der Waals surface area contributed by atoms with E-state index in [-0.39, 0.29) is 5.97 Å². The Hall–Kier alpha value is -0.610. The lowest BCUT2D eigenvalue weighted by Crippen LogP contribution is -2.11. The van der Waals surface area contributed by atoms with Crippen LogP contribution in [0.25, 0.3) is 0 Å². The summed E-state index contributed by atoms with van der Waals surface area (Å²) in [6, 6.07) is 0. The van der Waals surface area contributed by atoms with Crippen LogP contribution in [-0.2, 0) is 19.0 Å². The van der Waals surface area contributed by atoms with E-state index < -0.39 is 0 Å². The number of unbranched alkanes of at least 4 members (excludes halogenated alkanes) is 7. The molecule has 0 aromatic heterocycles. The normalized spacial score (nSPS) is 10.7. The lowest BCUT2D eigenvalue weighted by atomic mass is 10.1. The first-order valence-corrected chi connectivity index (χ1v) is 8.06. The van der Waals surface area contributed by atoms with E-state index in [1.807, 2.05) is 0 Å². The van der Waals surface area contributed by atoms with Crippen LogP contribution in [-0.4, -0.2) is 39.0 Å². The van der Waals surface area contributed by atoms with Crippen molar-refractivity contribution in [2.75, 3.05) is 33.0 Å². The van der Waals surface area contributed by atoms with Crippen LogP contribution < -0.4 is 0 Å². The molecule has 0 N–H and O–H groups in total. The minimum Gasteiger partial charge on any atom is -0.463 e. The number of carbonyl (C=O) groups is 1. The predicted molar refractivity (Wildman–Crippen MR) is 80.9 cm³/mol. The van der Waals surface area contributed by atoms with Crippen molar-refractivity contribution in [3.63, 3.8) is 0 Å². The van der Waals surface area contributed by atoms with E-state index in [1.54, 1.807) is 0 Å². The van der Waals surface area contributed by atoms with Gasteiger partial charge >= 0.3 is 5.97 Å². The number of ether oxygens (including phenoxy) is 3. The molecule has 0 aliphatic rings. The van der Waals surface area contributed by atoms with Crippen LogP contribution in [0.1, 0.15) is 65.2 Å². The van der Waals surface area contributed by atoms with Crippen molar-refractivity contribution in [1.82, 2.24) is 0 Å². The van der Waals surface area contributed by atoms with Crippen molar-refractivity contribution >= 4 is 5.97 Å². The number of esters is 1. The quantitative estimate of drug-likeness (QED) is 0.340. The summed E-state index contributed by atoms with van der Waals surface area (Å²) >= 11 is 0. The molecule has 0 fully saturated rings. The number of hydrogen-bond donors (Lipinski definition) is 0. The van der Waals surface area contributed by atoms with Crippen molar-refractivity contribution in [1.29, 1.82) is 0 Å². The summed E-state index contributed by atoms with van der Waals surface area (Å²) < 4.78 is 15.5. The van der Waals surface area contributed by atoms with Gasteiger partial charge < -0.3 is 14.2 Å². The molecule has 0 bridgehead atoms. The van der Waals surface area contributed by atoms with Gasteiger partial charge in [0.1, 0.15) is 6.61 Å². The molecule has 20 heavy (non-hydrogen) atoms. The maximum Gasteiger partial charge on any atom is 0.302 e. The molecule has 0 heterocycles. The fourth-order valence-electron chi connectivity index (χ4n) is 1.90. The van der Waals surface area contributed by atoms with Crippen molar-refractivity contribution in [3.8, 4) is 0 Å². The number of hydrogen-bond acceptors (Lipinski definition) is 4. The topological polar surface area (TPSA) is 44.8 Å². The number of rotatable bonds is 15. The Morgan fingerprint density at radius 2 is 1.20 bits per heavy atom. The van der Waals surface area contributed by atoms with Gasteiger partial charge in [0, 0.05) is 13.5 Å². The Kier molecular flexibility index (Phi) is 15.9. The van der Waals surface area contributed by atoms with Crippen molar-refractivity contribution in [3.05, 3.63) is 0 Å². The van der Waals surface area contributed by atoms with Gasteiger partial charge in [-0.25, -0.2) is 0 Å². The fraction of sp³-hybridized carbons (Fsp3) is 0.938. The molecule has 0 aromatic carbocycles. The average Bonchev–Trinajstić information content (AvgIpc) is 2.43. The summed E-state index contributed by atoms with van der Waals surface area (Å²) in [5.74, 6) is -0.264. The maximum atomic E-state index is 10.5. The molecule has 0 atom stereocenters. The third-order valence-electron chi connectivity index (χ3n) is 3.05. The highest BCUT2D eigenvalue weighted by Crippen LogP contribution is 2.08. The summed E-state index contributed by atoms with van der Waals surface area (Å²) in [6.45, 7) is 6.43. The van der Waals surface area contributed by atoms with Gasteiger partial charge in [-0.2, -0.15) is 0 Å². The fourth-order valence-corrected chi connectivity index (χ4v) is 1.90. The van der Waals surface area contributed by atoms with Crippen LogP contribution in [0.4, 0.5) is 0 Å². The van der Waals surface area contributed by atoms with E-state index in [1.165, 1.54) is 51.9 Å². The second kappa shape index (κ2) is 16.4. The van der Waals surface area contributed by atoms with Crippen molar-refractivity contribution in [2.45, 2.75) is 65.2 Å². The highest BCUT2D eigenvalue weighted by Gasteiger charge is 1.94. The van der Waals surface area contributed by atoms with Crippen LogP contribution in [0, 0.1) is 0 Å². The lowest BCUT2D eigenvalue weighted by molar-refractivity contribution is -0.142. The summed E-state index contributed by atoms with van der Waals surface area (Å²) in [4.78, 5) is 10.5. The average molecular weight is 288 g/mol. The molecular weight excluding hydrogens is 256 g/mol. The van der Waals surface area contributed by atoms with Crippen molar-refractivity contribution in [2.24, 2.45) is 0 Å². The number of carbonyl (C=O) groups excluding carboxylic acids is 1. The first-order chi connectivity index (χ1) is 9.77. The summed E-state index contributed by atoms with van der Waals surface area (Å²) in [6.07, 6.45) is 10.5. The zero-order chi connectivity index (χ0) is 14.9. The largest absolute Gasteiger partial charge is 0.463 e. The van der Waals surface area contributed by atoms with Crippen LogP contribution in [0.5, 0.6) is 0 Å². The molecule has 4 heteroatoms. The Labute approximate surface area is 124 Å². The second-order valence-electron chi connectivity index (χ2n) is 5.04. The van der Waals surface area contributed by atoms with Crippen molar-refractivity contribution < 1.29 is 19.0 Å². The Balaban J connectivity index is 2.94. The zero-order valence-electron chi connectivity index (χ0n) is 13.3. The second-order valence-corrected chi connectivity index (χ2v) is 5.04. The van der Waals surface area contributed by atoms with Gasteiger partial charge in [0.05, 0.1) is 19.8 Å². The highest BCUT2D eigenvalue weighted by atomic mass is 16.6. The molecule has 0 spiro atoms.